The monoisotopic (exact) mass is 425 g/mol. The first-order valence-corrected chi connectivity index (χ1v) is 9.84. The fourth-order valence-corrected chi connectivity index (χ4v) is 3.86. The minimum absolute atomic E-state index is 0.0439. The first kappa shape index (κ1) is 17.0. The maximum absolute atomic E-state index is 12.4. The number of imidazole rings is 1. The third-order valence-corrected chi connectivity index (χ3v) is 5.52. The number of anilines is 1. The minimum Gasteiger partial charge on any atom is -0.326 e. The van der Waals surface area contributed by atoms with Crippen molar-refractivity contribution >= 4 is 43.8 Å². The molecule has 1 amide bonds. The number of benzene rings is 2. The van der Waals surface area contributed by atoms with Crippen molar-refractivity contribution < 1.29 is 4.79 Å². The maximum Gasteiger partial charge on any atom is 0.230 e. The summed E-state index contributed by atoms with van der Waals surface area (Å²) in [6.07, 6.45) is 2.30. The fraction of sp³-hybridized carbons (Fsp3) is 0.100. The summed E-state index contributed by atoms with van der Waals surface area (Å²) in [5, 5.41) is 4.92. The SMILES string of the molecule is Cc1ccc(-c2cn3c(CC(=O)Nc4ccc(Br)cc4)csc3n2)cc1. The largest absolute Gasteiger partial charge is 0.326 e. The third kappa shape index (κ3) is 3.57. The summed E-state index contributed by atoms with van der Waals surface area (Å²) in [4.78, 5) is 17.9. The molecule has 2 aromatic carbocycles. The number of amides is 1. The lowest BCUT2D eigenvalue weighted by atomic mass is 10.1. The Morgan fingerprint density at radius 3 is 2.62 bits per heavy atom. The van der Waals surface area contributed by atoms with Crippen LogP contribution in [0.5, 0.6) is 0 Å². The summed E-state index contributed by atoms with van der Waals surface area (Å²) in [5.74, 6) is -0.0439. The van der Waals surface area contributed by atoms with Gasteiger partial charge in [0.1, 0.15) is 0 Å². The number of halogens is 1. The number of aromatic nitrogens is 2. The van der Waals surface area contributed by atoms with E-state index in [1.165, 1.54) is 5.56 Å². The topological polar surface area (TPSA) is 46.4 Å². The van der Waals surface area contributed by atoms with Gasteiger partial charge in [-0.25, -0.2) is 4.98 Å². The van der Waals surface area contributed by atoms with Crippen LogP contribution in [0.2, 0.25) is 0 Å². The van der Waals surface area contributed by atoms with E-state index in [1.54, 1.807) is 11.3 Å². The number of aryl methyl sites for hydroxylation is 1. The molecule has 0 unspecified atom stereocenters. The minimum atomic E-state index is -0.0439. The van der Waals surface area contributed by atoms with E-state index in [4.69, 9.17) is 0 Å². The van der Waals surface area contributed by atoms with Crippen molar-refractivity contribution in [1.82, 2.24) is 9.38 Å². The summed E-state index contributed by atoms with van der Waals surface area (Å²) in [5.41, 5.74) is 4.95. The lowest BCUT2D eigenvalue weighted by molar-refractivity contribution is -0.115. The molecule has 0 spiro atoms. The van der Waals surface area contributed by atoms with E-state index in [9.17, 15) is 4.79 Å². The number of carbonyl (C=O) groups excluding carboxylic acids is 1. The molecule has 0 aliphatic rings. The van der Waals surface area contributed by atoms with E-state index in [-0.39, 0.29) is 5.91 Å². The van der Waals surface area contributed by atoms with Crippen LogP contribution in [0.4, 0.5) is 5.69 Å². The van der Waals surface area contributed by atoms with Gasteiger partial charge >= 0.3 is 0 Å². The summed E-state index contributed by atoms with van der Waals surface area (Å²) >= 11 is 4.94. The molecule has 2 heterocycles. The number of thiazole rings is 1. The number of fused-ring (bicyclic) bond motifs is 1. The quantitative estimate of drug-likeness (QED) is 0.481. The van der Waals surface area contributed by atoms with E-state index in [2.05, 4.69) is 57.4 Å². The van der Waals surface area contributed by atoms with Gasteiger partial charge in [0, 0.05) is 33.0 Å². The first-order valence-electron chi connectivity index (χ1n) is 8.16. The number of hydrogen-bond acceptors (Lipinski definition) is 3. The second-order valence-electron chi connectivity index (χ2n) is 6.10. The Bertz CT molecular complexity index is 1060. The molecule has 4 rings (SSSR count). The van der Waals surface area contributed by atoms with Crippen molar-refractivity contribution in [3.63, 3.8) is 0 Å². The predicted molar refractivity (Wildman–Crippen MR) is 110 cm³/mol. The van der Waals surface area contributed by atoms with Gasteiger partial charge in [-0.2, -0.15) is 0 Å². The number of nitrogens with zero attached hydrogens (tertiary/aromatic N) is 2. The Labute approximate surface area is 163 Å². The molecule has 0 saturated heterocycles. The van der Waals surface area contributed by atoms with Crippen LogP contribution >= 0.6 is 27.3 Å². The van der Waals surface area contributed by atoms with Crippen LogP contribution < -0.4 is 5.32 Å². The second kappa shape index (κ2) is 7.05. The Balaban J connectivity index is 1.54. The van der Waals surface area contributed by atoms with E-state index < -0.39 is 0 Å². The van der Waals surface area contributed by atoms with Crippen LogP contribution in [0.15, 0.2) is 64.6 Å². The third-order valence-electron chi connectivity index (χ3n) is 4.10. The van der Waals surface area contributed by atoms with Crippen LogP contribution in [-0.4, -0.2) is 15.3 Å². The molecule has 6 heteroatoms. The van der Waals surface area contributed by atoms with Gasteiger partial charge in [0.05, 0.1) is 12.1 Å². The van der Waals surface area contributed by atoms with Gasteiger partial charge in [0.2, 0.25) is 5.91 Å². The molecule has 2 aromatic heterocycles. The molecule has 130 valence electrons. The van der Waals surface area contributed by atoms with Crippen molar-refractivity contribution in [2.45, 2.75) is 13.3 Å². The molecule has 0 fully saturated rings. The summed E-state index contributed by atoms with van der Waals surface area (Å²) in [6.45, 7) is 2.07. The summed E-state index contributed by atoms with van der Waals surface area (Å²) in [7, 11) is 0. The molecular formula is C20H16BrN3OS. The van der Waals surface area contributed by atoms with Crippen molar-refractivity contribution in [3.8, 4) is 11.3 Å². The van der Waals surface area contributed by atoms with E-state index >= 15 is 0 Å². The highest BCUT2D eigenvalue weighted by Crippen LogP contribution is 2.24. The zero-order valence-corrected chi connectivity index (χ0v) is 16.5. The Morgan fingerprint density at radius 1 is 1.15 bits per heavy atom. The molecule has 0 aliphatic carbocycles. The van der Waals surface area contributed by atoms with E-state index in [0.717, 1.165) is 32.1 Å². The second-order valence-corrected chi connectivity index (χ2v) is 7.86. The van der Waals surface area contributed by atoms with Gasteiger partial charge in [0.15, 0.2) is 4.96 Å². The van der Waals surface area contributed by atoms with Gasteiger partial charge in [-0.15, -0.1) is 11.3 Å². The van der Waals surface area contributed by atoms with Gasteiger partial charge in [-0.3, -0.25) is 9.20 Å². The summed E-state index contributed by atoms with van der Waals surface area (Å²) < 4.78 is 2.98. The average molecular weight is 426 g/mol. The maximum atomic E-state index is 12.4. The Morgan fingerprint density at radius 2 is 1.88 bits per heavy atom. The molecular weight excluding hydrogens is 410 g/mol. The standard InChI is InChI=1S/C20H16BrN3OS/c1-13-2-4-14(5-3-13)18-11-24-17(12-26-20(24)23-18)10-19(25)22-16-8-6-15(21)7-9-16/h2-9,11-12H,10H2,1H3,(H,22,25). The Kier molecular flexibility index (Phi) is 4.61. The fourth-order valence-electron chi connectivity index (χ4n) is 2.72. The molecule has 0 atom stereocenters. The first-order chi connectivity index (χ1) is 12.6. The number of hydrogen-bond donors (Lipinski definition) is 1. The average Bonchev–Trinajstić information content (AvgIpc) is 3.20. The van der Waals surface area contributed by atoms with Crippen LogP contribution in [0.3, 0.4) is 0 Å². The highest BCUT2D eigenvalue weighted by molar-refractivity contribution is 9.10. The predicted octanol–water partition coefficient (Wildman–Crippen LogP) is 5.31. The lowest BCUT2D eigenvalue weighted by Crippen LogP contribution is -2.15. The lowest BCUT2D eigenvalue weighted by Gasteiger charge is -2.05. The smallest absolute Gasteiger partial charge is 0.230 e. The van der Waals surface area contributed by atoms with Gasteiger partial charge < -0.3 is 5.32 Å². The van der Waals surface area contributed by atoms with Crippen LogP contribution in [0.25, 0.3) is 16.2 Å². The molecule has 26 heavy (non-hydrogen) atoms. The van der Waals surface area contributed by atoms with Gasteiger partial charge in [-0.1, -0.05) is 45.8 Å². The number of nitrogens with one attached hydrogen (secondary N) is 1. The van der Waals surface area contributed by atoms with E-state index in [1.807, 2.05) is 40.2 Å². The van der Waals surface area contributed by atoms with Crippen LogP contribution in [0, 0.1) is 6.92 Å². The van der Waals surface area contributed by atoms with Crippen molar-refractivity contribution in [2.24, 2.45) is 0 Å². The Hall–Kier alpha value is -2.44. The highest BCUT2D eigenvalue weighted by atomic mass is 79.9. The highest BCUT2D eigenvalue weighted by Gasteiger charge is 2.12. The zero-order valence-electron chi connectivity index (χ0n) is 14.1. The molecule has 1 N–H and O–H groups in total. The summed E-state index contributed by atoms with van der Waals surface area (Å²) in [6, 6.07) is 15.9. The molecule has 0 aliphatic heterocycles. The normalized spacial score (nSPS) is 11.0. The molecule has 0 bridgehead atoms. The molecule has 4 aromatic rings. The number of rotatable bonds is 4. The number of carbonyl (C=O) groups is 1. The van der Waals surface area contributed by atoms with Crippen LogP contribution in [-0.2, 0) is 11.2 Å². The van der Waals surface area contributed by atoms with Crippen molar-refractivity contribution in [1.29, 1.82) is 0 Å². The van der Waals surface area contributed by atoms with E-state index in [0.29, 0.717) is 6.42 Å². The van der Waals surface area contributed by atoms with Crippen LogP contribution in [0.1, 0.15) is 11.3 Å². The van der Waals surface area contributed by atoms with Crippen molar-refractivity contribution in [3.05, 3.63) is 75.8 Å². The van der Waals surface area contributed by atoms with Gasteiger partial charge in [0.25, 0.3) is 0 Å². The molecule has 0 radical (unpaired) electrons. The van der Waals surface area contributed by atoms with Gasteiger partial charge in [-0.05, 0) is 31.2 Å². The zero-order chi connectivity index (χ0) is 18.1. The van der Waals surface area contributed by atoms with Crippen molar-refractivity contribution in [2.75, 3.05) is 5.32 Å². The molecule has 0 saturated carbocycles. The molecule has 4 nitrogen and oxygen atoms in total.